The van der Waals surface area contributed by atoms with Crippen LogP contribution in [0.4, 0.5) is 5.82 Å². The Labute approximate surface area is 127 Å². The van der Waals surface area contributed by atoms with Crippen LogP contribution in [0.5, 0.6) is 0 Å². The summed E-state index contributed by atoms with van der Waals surface area (Å²) in [6.45, 7) is 4.34. The zero-order chi connectivity index (χ0) is 15.5. The molecule has 0 bridgehead atoms. The van der Waals surface area contributed by atoms with Crippen molar-refractivity contribution in [3.8, 4) is 5.95 Å². The summed E-state index contributed by atoms with van der Waals surface area (Å²) in [4.78, 5) is 16.8. The van der Waals surface area contributed by atoms with E-state index in [1.165, 1.54) is 6.33 Å². The summed E-state index contributed by atoms with van der Waals surface area (Å²) in [6, 6.07) is 1.74. The van der Waals surface area contributed by atoms with Gasteiger partial charge in [-0.2, -0.15) is 9.78 Å². The van der Waals surface area contributed by atoms with Gasteiger partial charge in [-0.05, 0) is 12.0 Å². The summed E-state index contributed by atoms with van der Waals surface area (Å²) >= 11 is 0. The molecule has 0 saturated carbocycles. The van der Waals surface area contributed by atoms with E-state index in [2.05, 4.69) is 30.4 Å². The molecule has 0 aliphatic heterocycles. The third-order valence-electron chi connectivity index (χ3n) is 3.36. The number of hydrogen-bond donors (Lipinski definition) is 2. The molecule has 3 aromatic heterocycles. The molecular formula is C14H17N7O. The lowest BCUT2D eigenvalue weighted by Gasteiger charge is -2.15. The Morgan fingerprint density at radius 2 is 1.95 bits per heavy atom. The molecule has 3 aromatic rings. The Morgan fingerprint density at radius 1 is 1.18 bits per heavy atom. The first kappa shape index (κ1) is 14.3. The van der Waals surface area contributed by atoms with Crippen molar-refractivity contribution >= 4 is 16.9 Å². The average molecular weight is 299 g/mol. The van der Waals surface area contributed by atoms with Crippen LogP contribution in [0.1, 0.15) is 13.8 Å². The van der Waals surface area contributed by atoms with E-state index in [0.29, 0.717) is 24.0 Å². The number of nitrogens with one attached hydrogen (secondary N) is 1. The first-order valence-electron chi connectivity index (χ1n) is 7.05. The quantitative estimate of drug-likeness (QED) is 0.725. The van der Waals surface area contributed by atoms with E-state index in [-0.39, 0.29) is 5.92 Å². The van der Waals surface area contributed by atoms with Gasteiger partial charge in [0.25, 0.3) is 5.95 Å². The van der Waals surface area contributed by atoms with E-state index >= 15 is 0 Å². The van der Waals surface area contributed by atoms with E-state index in [1.807, 2.05) is 13.8 Å². The maximum atomic E-state index is 9.90. The van der Waals surface area contributed by atoms with E-state index < -0.39 is 6.10 Å². The molecule has 0 aliphatic carbocycles. The molecule has 3 rings (SSSR count). The highest BCUT2D eigenvalue weighted by atomic mass is 16.3. The van der Waals surface area contributed by atoms with Crippen LogP contribution in [0.2, 0.25) is 0 Å². The molecule has 114 valence electrons. The summed E-state index contributed by atoms with van der Waals surface area (Å²) in [7, 11) is 0. The van der Waals surface area contributed by atoms with Crippen LogP contribution in [-0.2, 0) is 0 Å². The van der Waals surface area contributed by atoms with Crippen LogP contribution < -0.4 is 5.32 Å². The first-order chi connectivity index (χ1) is 10.7. The standard InChI is InChI=1S/C14H17N7O/c1-9(2)11(22)7-17-12-10-6-20-21(13(10)19-8-18-12)14-15-4-3-5-16-14/h3-6,8-9,11,22H,7H2,1-2H3,(H,17,18,19). The molecule has 0 fully saturated rings. The van der Waals surface area contributed by atoms with Gasteiger partial charge in [-0.3, -0.25) is 0 Å². The number of rotatable bonds is 5. The third kappa shape index (κ3) is 2.73. The van der Waals surface area contributed by atoms with Gasteiger partial charge >= 0.3 is 0 Å². The fourth-order valence-electron chi connectivity index (χ4n) is 1.97. The Morgan fingerprint density at radius 3 is 2.68 bits per heavy atom. The third-order valence-corrected chi connectivity index (χ3v) is 3.36. The zero-order valence-corrected chi connectivity index (χ0v) is 12.4. The molecule has 8 nitrogen and oxygen atoms in total. The second-order valence-corrected chi connectivity index (χ2v) is 5.26. The van der Waals surface area contributed by atoms with Gasteiger partial charge in [0, 0.05) is 18.9 Å². The van der Waals surface area contributed by atoms with Gasteiger partial charge in [0.15, 0.2) is 5.65 Å². The minimum atomic E-state index is -0.447. The monoisotopic (exact) mass is 299 g/mol. The molecule has 22 heavy (non-hydrogen) atoms. The van der Waals surface area contributed by atoms with Gasteiger partial charge in [0.05, 0.1) is 17.7 Å². The summed E-state index contributed by atoms with van der Waals surface area (Å²) in [5, 5.41) is 18.1. The number of aliphatic hydroxyl groups is 1. The lowest BCUT2D eigenvalue weighted by atomic mass is 10.1. The van der Waals surface area contributed by atoms with Crippen LogP contribution in [-0.4, -0.2) is 47.5 Å². The molecule has 1 unspecified atom stereocenters. The minimum absolute atomic E-state index is 0.172. The first-order valence-corrected chi connectivity index (χ1v) is 7.05. The van der Waals surface area contributed by atoms with Crippen molar-refractivity contribution < 1.29 is 5.11 Å². The second kappa shape index (κ2) is 6.02. The Hall–Kier alpha value is -2.61. The van der Waals surface area contributed by atoms with Crippen molar-refractivity contribution in [2.45, 2.75) is 20.0 Å². The summed E-state index contributed by atoms with van der Waals surface area (Å²) in [6.07, 6.45) is 5.96. The highest BCUT2D eigenvalue weighted by Gasteiger charge is 2.14. The molecule has 1 atom stereocenters. The van der Waals surface area contributed by atoms with E-state index in [9.17, 15) is 5.11 Å². The van der Waals surface area contributed by atoms with Gasteiger partial charge in [-0.1, -0.05) is 13.8 Å². The fourth-order valence-corrected chi connectivity index (χ4v) is 1.97. The van der Waals surface area contributed by atoms with Gasteiger partial charge < -0.3 is 10.4 Å². The second-order valence-electron chi connectivity index (χ2n) is 5.26. The molecule has 0 spiro atoms. The summed E-state index contributed by atoms with van der Waals surface area (Å²) in [5.41, 5.74) is 0.614. The highest BCUT2D eigenvalue weighted by molar-refractivity contribution is 5.86. The van der Waals surface area contributed by atoms with Gasteiger partial charge in [-0.15, -0.1) is 0 Å². The molecule has 3 heterocycles. The molecule has 2 N–H and O–H groups in total. The van der Waals surface area contributed by atoms with Crippen molar-refractivity contribution in [2.24, 2.45) is 5.92 Å². The predicted octanol–water partition coefficient (Wildman–Crippen LogP) is 1.03. The zero-order valence-electron chi connectivity index (χ0n) is 12.4. The molecule has 8 heteroatoms. The Kier molecular flexibility index (Phi) is 3.92. The van der Waals surface area contributed by atoms with Gasteiger partial charge in [0.2, 0.25) is 0 Å². The Balaban J connectivity index is 1.92. The van der Waals surface area contributed by atoms with E-state index in [1.54, 1.807) is 29.3 Å². The fraction of sp³-hybridized carbons (Fsp3) is 0.357. The number of nitrogens with zero attached hydrogens (tertiary/aromatic N) is 6. The normalized spacial score (nSPS) is 12.7. The van der Waals surface area contributed by atoms with Crippen LogP contribution in [0.15, 0.2) is 31.0 Å². The predicted molar refractivity (Wildman–Crippen MR) is 81.6 cm³/mol. The topological polar surface area (TPSA) is 102 Å². The van der Waals surface area contributed by atoms with Crippen LogP contribution in [0.3, 0.4) is 0 Å². The molecule has 0 saturated heterocycles. The lowest BCUT2D eigenvalue weighted by Crippen LogP contribution is -2.25. The molecule has 0 radical (unpaired) electrons. The maximum absolute atomic E-state index is 9.90. The number of fused-ring (bicyclic) bond motifs is 1. The van der Waals surface area contributed by atoms with Crippen LogP contribution >= 0.6 is 0 Å². The minimum Gasteiger partial charge on any atom is -0.391 e. The largest absolute Gasteiger partial charge is 0.391 e. The SMILES string of the molecule is CC(C)C(O)CNc1ncnc2c1cnn2-c1ncccn1. The van der Waals surface area contributed by atoms with Gasteiger partial charge in [-0.25, -0.2) is 19.9 Å². The van der Waals surface area contributed by atoms with Crippen LogP contribution in [0, 0.1) is 5.92 Å². The van der Waals surface area contributed by atoms with Crippen molar-refractivity contribution in [2.75, 3.05) is 11.9 Å². The lowest BCUT2D eigenvalue weighted by molar-refractivity contribution is 0.138. The summed E-state index contributed by atoms with van der Waals surface area (Å²) < 4.78 is 1.56. The van der Waals surface area contributed by atoms with Crippen molar-refractivity contribution in [3.63, 3.8) is 0 Å². The van der Waals surface area contributed by atoms with Crippen molar-refractivity contribution in [3.05, 3.63) is 31.0 Å². The number of aromatic nitrogens is 6. The van der Waals surface area contributed by atoms with Gasteiger partial charge in [0.1, 0.15) is 12.1 Å². The van der Waals surface area contributed by atoms with Crippen molar-refractivity contribution in [1.82, 2.24) is 29.7 Å². The smallest absolute Gasteiger partial charge is 0.252 e. The highest BCUT2D eigenvalue weighted by Crippen LogP contribution is 2.20. The molecular weight excluding hydrogens is 282 g/mol. The number of anilines is 1. The van der Waals surface area contributed by atoms with Crippen molar-refractivity contribution in [1.29, 1.82) is 0 Å². The maximum Gasteiger partial charge on any atom is 0.252 e. The average Bonchev–Trinajstić information content (AvgIpc) is 2.97. The number of hydrogen-bond acceptors (Lipinski definition) is 7. The van der Waals surface area contributed by atoms with E-state index in [0.717, 1.165) is 5.39 Å². The molecule has 0 amide bonds. The summed E-state index contributed by atoms with van der Waals surface area (Å²) in [5.74, 6) is 1.25. The number of aliphatic hydroxyl groups excluding tert-OH is 1. The van der Waals surface area contributed by atoms with E-state index in [4.69, 9.17) is 0 Å². The molecule has 0 aliphatic rings. The molecule has 0 aromatic carbocycles. The Bertz CT molecular complexity index is 756. The van der Waals surface area contributed by atoms with Crippen LogP contribution in [0.25, 0.3) is 17.0 Å².